The average Bonchev–Trinajstić information content (AvgIpc) is 2.94. The molecule has 0 spiro atoms. The second-order valence-electron chi connectivity index (χ2n) is 9.66. The first-order chi connectivity index (χ1) is 17.5. The molecule has 5 rings (SSSR count). The van der Waals surface area contributed by atoms with Crippen molar-refractivity contribution in [2.75, 3.05) is 39.4 Å². The van der Waals surface area contributed by atoms with E-state index in [1.807, 2.05) is 12.1 Å². The number of carbonyl (C=O) groups is 1. The number of piperidine rings is 1. The molecule has 2 fully saturated rings. The maximum atomic E-state index is 13.7. The second-order valence-corrected chi connectivity index (χ2v) is 11.6. The Morgan fingerprint density at radius 3 is 2.58 bits per heavy atom. The van der Waals surface area contributed by atoms with Crippen LogP contribution in [0.3, 0.4) is 0 Å². The molecule has 0 unspecified atom stereocenters. The molecule has 0 radical (unpaired) electrons. The van der Waals surface area contributed by atoms with Gasteiger partial charge in [-0.05, 0) is 55.6 Å². The number of sulfonamides is 1. The highest BCUT2D eigenvalue weighted by molar-refractivity contribution is 7.89. The van der Waals surface area contributed by atoms with Gasteiger partial charge < -0.3 is 14.8 Å². The van der Waals surface area contributed by atoms with Crippen molar-refractivity contribution in [1.82, 2.24) is 19.5 Å². The molecule has 2 atom stereocenters. The van der Waals surface area contributed by atoms with Crippen molar-refractivity contribution in [3.63, 3.8) is 0 Å². The van der Waals surface area contributed by atoms with Crippen molar-refractivity contribution in [3.8, 4) is 11.5 Å². The van der Waals surface area contributed by atoms with E-state index >= 15 is 0 Å². The van der Waals surface area contributed by atoms with Gasteiger partial charge in [-0.25, -0.2) is 8.42 Å². The van der Waals surface area contributed by atoms with Gasteiger partial charge in [-0.1, -0.05) is 12.8 Å². The summed E-state index contributed by atoms with van der Waals surface area (Å²) in [5.41, 5.74) is 1.10. The molecular formula is C26H34N4O5S. The molecule has 1 amide bonds. The average molecular weight is 515 g/mol. The monoisotopic (exact) mass is 514 g/mol. The fourth-order valence-corrected chi connectivity index (χ4v) is 6.84. The van der Waals surface area contributed by atoms with Crippen LogP contribution in [0.5, 0.6) is 11.5 Å². The zero-order valence-electron chi connectivity index (χ0n) is 20.5. The summed E-state index contributed by atoms with van der Waals surface area (Å²) in [6.45, 7) is 3.54. The molecule has 3 aliphatic heterocycles. The highest BCUT2D eigenvalue weighted by Gasteiger charge is 2.41. The standard InChI is InChI=1S/C26H34N4O5S/c31-26-22-9-14-30(36(32,33)21-5-6-24-25(17-21)35-16-15-34-24)19-23(22)29(13-4-2-1-3-10-28-26)18-20-7-11-27-12-8-20/h5-8,11-12,17,22-23H,1-4,9-10,13-16,18-19H2,(H,28,31)/t22-,23+/m0/s1. The zero-order chi connectivity index (χ0) is 25.0. The number of aromatic nitrogens is 1. The van der Waals surface area contributed by atoms with Gasteiger partial charge in [-0.2, -0.15) is 4.31 Å². The summed E-state index contributed by atoms with van der Waals surface area (Å²) in [5.74, 6) is 0.767. The molecule has 9 nitrogen and oxygen atoms in total. The molecule has 3 aliphatic rings. The fraction of sp³-hybridized carbons (Fsp3) is 0.538. The van der Waals surface area contributed by atoms with E-state index in [1.165, 1.54) is 4.31 Å². The lowest BCUT2D eigenvalue weighted by atomic mass is 9.90. The predicted octanol–water partition coefficient (Wildman–Crippen LogP) is 2.42. The SMILES string of the molecule is O=C1NCCCCCCN(Cc2ccncc2)[C@@H]2CN(S(=O)(=O)c3ccc4c(c3)OCCO4)CC[C@H]12. The van der Waals surface area contributed by atoms with E-state index in [4.69, 9.17) is 9.47 Å². The zero-order valence-corrected chi connectivity index (χ0v) is 21.3. The number of pyridine rings is 1. The molecule has 0 bridgehead atoms. The molecular weight excluding hydrogens is 480 g/mol. The fourth-order valence-electron chi connectivity index (χ4n) is 5.35. The Hall–Kier alpha value is -2.69. The summed E-state index contributed by atoms with van der Waals surface area (Å²) < 4.78 is 40.2. The Balaban J connectivity index is 1.43. The van der Waals surface area contributed by atoms with E-state index in [9.17, 15) is 13.2 Å². The molecule has 36 heavy (non-hydrogen) atoms. The molecule has 1 aromatic carbocycles. The normalized spacial score (nSPS) is 24.3. The molecule has 194 valence electrons. The van der Waals surface area contributed by atoms with Crippen LogP contribution in [0.2, 0.25) is 0 Å². The number of benzene rings is 1. The van der Waals surface area contributed by atoms with Crippen molar-refractivity contribution < 1.29 is 22.7 Å². The number of carbonyl (C=O) groups excluding carboxylic acids is 1. The van der Waals surface area contributed by atoms with Crippen LogP contribution >= 0.6 is 0 Å². The summed E-state index contributed by atoms with van der Waals surface area (Å²) in [4.78, 5) is 19.8. The van der Waals surface area contributed by atoms with E-state index in [0.29, 0.717) is 50.8 Å². The molecule has 2 saturated heterocycles. The molecule has 2 aromatic rings. The van der Waals surface area contributed by atoms with Gasteiger partial charge in [0, 0.05) is 50.7 Å². The molecule has 0 saturated carbocycles. The molecule has 10 heteroatoms. The van der Waals surface area contributed by atoms with E-state index in [1.54, 1.807) is 30.6 Å². The maximum Gasteiger partial charge on any atom is 0.243 e. The first-order valence-corrected chi connectivity index (χ1v) is 14.3. The Morgan fingerprint density at radius 2 is 1.75 bits per heavy atom. The number of hydrogen-bond acceptors (Lipinski definition) is 7. The third-order valence-electron chi connectivity index (χ3n) is 7.31. The van der Waals surface area contributed by atoms with E-state index < -0.39 is 10.0 Å². The summed E-state index contributed by atoms with van der Waals surface area (Å²) in [6, 6.07) is 8.52. The lowest BCUT2D eigenvalue weighted by molar-refractivity contribution is -0.129. The highest BCUT2D eigenvalue weighted by Crippen LogP contribution is 2.35. The third-order valence-corrected chi connectivity index (χ3v) is 9.17. The van der Waals surface area contributed by atoms with Crippen molar-refractivity contribution in [2.45, 2.75) is 49.6 Å². The Morgan fingerprint density at radius 1 is 0.972 bits per heavy atom. The van der Waals surface area contributed by atoms with Crippen LogP contribution in [-0.2, 0) is 21.4 Å². The number of nitrogens with one attached hydrogen (secondary N) is 1. The predicted molar refractivity (Wildman–Crippen MR) is 134 cm³/mol. The minimum Gasteiger partial charge on any atom is -0.486 e. The van der Waals surface area contributed by atoms with Crippen molar-refractivity contribution in [2.24, 2.45) is 5.92 Å². The van der Waals surface area contributed by atoms with Gasteiger partial charge in [0.2, 0.25) is 15.9 Å². The first kappa shape index (κ1) is 25.0. The van der Waals surface area contributed by atoms with Crippen LogP contribution in [0.15, 0.2) is 47.6 Å². The van der Waals surface area contributed by atoms with Crippen molar-refractivity contribution in [3.05, 3.63) is 48.3 Å². The van der Waals surface area contributed by atoms with Gasteiger partial charge >= 0.3 is 0 Å². The highest BCUT2D eigenvalue weighted by atomic mass is 32.2. The van der Waals surface area contributed by atoms with Crippen LogP contribution in [0.25, 0.3) is 0 Å². The number of rotatable bonds is 4. The van der Waals surface area contributed by atoms with E-state index in [2.05, 4.69) is 15.2 Å². The first-order valence-electron chi connectivity index (χ1n) is 12.8. The van der Waals surface area contributed by atoms with Crippen molar-refractivity contribution in [1.29, 1.82) is 0 Å². The van der Waals surface area contributed by atoms with Gasteiger partial charge in [-0.3, -0.25) is 14.7 Å². The van der Waals surface area contributed by atoms with E-state index in [0.717, 1.165) is 37.8 Å². The lowest BCUT2D eigenvalue weighted by Crippen LogP contribution is -2.57. The van der Waals surface area contributed by atoms with Gasteiger partial charge in [-0.15, -0.1) is 0 Å². The number of hydrogen-bond donors (Lipinski definition) is 1. The Bertz CT molecular complexity index is 1160. The molecule has 1 N–H and O–H groups in total. The minimum atomic E-state index is -3.77. The number of ether oxygens (including phenoxy) is 2. The number of nitrogens with zero attached hydrogens (tertiary/aromatic N) is 3. The molecule has 0 aliphatic carbocycles. The lowest BCUT2D eigenvalue weighted by Gasteiger charge is -2.43. The van der Waals surface area contributed by atoms with Gasteiger partial charge in [0.25, 0.3) is 0 Å². The van der Waals surface area contributed by atoms with Crippen LogP contribution in [0, 0.1) is 5.92 Å². The number of amides is 1. The molecule has 1 aromatic heterocycles. The van der Waals surface area contributed by atoms with Gasteiger partial charge in [0.15, 0.2) is 11.5 Å². The van der Waals surface area contributed by atoms with Crippen molar-refractivity contribution >= 4 is 15.9 Å². The van der Waals surface area contributed by atoms with Crippen LogP contribution in [0.4, 0.5) is 0 Å². The summed E-state index contributed by atoms with van der Waals surface area (Å²) in [6.07, 6.45) is 8.15. The Kier molecular flexibility index (Phi) is 7.73. The minimum absolute atomic E-state index is 0.0259. The maximum absolute atomic E-state index is 13.7. The smallest absolute Gasteiger partial charge is 0.243 e. The topological polar surface area (TPSA) is 101 Å². The largest absolute Gasteiger partial charge is 0.486 e. The third kappa shape index (κ3) is 5.50. The Labute approximate surface area is 212 Å². The van der Waals surface area contributed by atoms with Crippen LogP contribution in [0.1, 0.15) is 37.7 Å². The van der Waals surface area contributed by atoms with Crippen LogP contribution in [-0.4, -0.2) is 73.9 Å². The summed E-state index contributed by atoms with van der Waals surface area (Å²) >= 11 is 0. The van der Waals surface area contributed by atoms with Crippen LogP contribution < -0.4 is 14.8 Å². The van der Waals surface area contributed by atoms with Gasteiger partial charge in [0.05, 0.1) is 10.8 Å². The summed E-state index contributed by atoms with van der Waals surface area (Å²) in [7, 11) is -3.77. The number of fused-ring (bicyclic) bond motifs is 2. The van der Waals surface area contributed by atoms with Gasteiger partial charge in [0.1, 0.15) is 13.2 Å². The quantitative estimate of drug-likeness (QED) is 0.669. The van der Waals surface area contributed by atoms with E-state index in [-0.39, 0.29) is 29.3 Å². The second kappa shape index (κ2) is 11.1. The summed E-state index contributed by atoms with van der Waals surface area (Å²) in [5, 5.41) is 3.11. The molecule has 4 heterocycles.